The highest BCUT2D eigenvalue weighted by Crippen LogP contribution is 2.35. The summed E-state index contributed by atoms with van der Waals surface area (Å²) in [6, 6.07) is 0. The zero-order chi connectivity index (χ0) is 11.7. The van der Waals surface area contributed by atoms with Crippen molar-refractivity contribution >= 4 is 13.8 Å². The van der Waals surface area contributed by atoms with Gasteiger partial charge in [0.2, 0.25) is 0 Å². The molecule has 0 aliphatic carbocycles. The van der Waals surface area contributed by atoms with Crippen LogP contribution in [0, 0.1) is 0 Å². The number of ether oxygens (including phenoxy) is 1. The highest BCUT2D eigenvalue weighted by atomic mass is 31.2. The number of carbonyl (C=O) groups is 1. The zero-order valence-electron chi connectivity index (χ0n) is 8.46. The lowest BCUT2D eigenvalue weighted by atomic mass is 10.3. The number of carbonyl (C=O) groups excluding carboxylic acids is 1. The molecule has 0 heterocycles. The first kappa shape index (κ1) is 14.3. The Morgan fingerprint density at radius 3 is 2.47 bits per heavy atom. The van der Waals surface area contributed by atoms with Crippen molar-refractivity contribution in [2.45, 2.75) is 19.8 Å². The number of rotatable bonds is 7. The van der Waals surface area contributed by atoms with Crippen LogP contribution in [0.2, 0.25) is 0 Å². The molecular formula is C8H15O6P. The van der Waals surface area contributed by atoms with E-state index in [0.717, 1.165) is 0 Å². The lowest BCUT2D eigenvalue weighted by molar-refractivity contribution is -0.137. The van der Waals surface area contributed by atoms with Crippen LogP contribution in [0.3, 0.4) is 0 Å². The third kappa shape index (κ3) is 11.2. The number of unbranched alkanes of at least 4 members (excludes halogenated alkanes) is 1. The molecule has 0 saturated heterocycles. The van der Waals surface area contributed by atoms with Crippen molar-refractivity contribution < 1.29 is 28.4 Å². The molecule has 0 amide bonds. The monoisotopic (exact) mass is 238 g/mol. The van der Waals surface area contributed by atoms with Gasteiger partial charge in [-0.25, -0.2) is 9.36 Å². The minimum absolute atomic E-state index is 0.0502. The van der Waals surface area contributed by atoms with E-state index in [-0.39, 0.29) is 13.2 Å². The average molecular weight is 238 g/mol. The van der Waals surface area contributed by atoms with Gasteiger partial charge < -0.3 is 14.5 Å². The van der Waals surface area contributed by atoms with Gasteiger partial charge in [0.25, 0.3) is 0 Å². The van der Waals surface area contributed by atoms with Crippen LogP contribution in [0.15, 0.2) is 12.2 Å². The fourth-order valence-corrected chi connectivity index (χ4v) is 1.11. The average Bonchev–Trinajstić information content (AvgIpc) is 2.09. The first-order valence-electron chi connectivity index (χ1n) is 4.45. The molecule has 0 fully saturated rings. The first-order valence-corrected chi connectivity index (χ1v) is 5.98. The van der Waals surface area contributed by atoms with Crippen LogP contribution < -0.4 is 0 Å². The molecule has 0 aliphatic heterocycles. The Morgan fingerprint density at radius 2 is 1.93 bits per heavy atom. The van der Waals surface area contributed by atoms with E-state index >= 15 is 0 Å². The second-order valence-corrected chi connectivity index (χ2v) is 3.94. The van der Waals surface area contributed by atoms with E-state index in [9.17, 15) is 9.36 Å². The topological polar surface area (TPSA) is 93.1 Å². The molecule has 0 bridgehead atoms. The maximum Gasteiger partial charge on any atom is 0.469 e. The Morgan fingerprint density at radius 1 is 1.33 bits per heavy atom. The number of phosphoric ester groups is 1. The maximum absolute atomic E-state index is 10.8. The van der Waals surface area contributed by atoms with Crippen LogP contribution in [0.25, 0.3) is 0 Å². The summed E-state index contributed by atoms with van der Waals surface area (Å²) in [6.07, 6.45) is 3.79. The van der Waals surface area contributed by atoms with Crippen LogP contribution in [-0.2, 0) is 18.6 Å². The van der Waals surface area contributed by atoms with Crippen molar-refractivity contribution in [2.75, 3.05) is 13.2 Å². The molecular weight excluding hydrogens is 223 g/mol. The first-order chi connectivity index (χ1) is 6.95. The minimum atomic E-state index is -4.36. The smallest absolute Gasteiger partial charge is 0.463 e. The lowest BCUT2D eigenvalue weighted by Gasteiger charge is -2.04. The van der Waals surface area contributed by atoms with Crippen molar-refractivity contribution in [1.82, 2.24) is 0 Å². The molecule has 0 aromatic carbocycles. The fraction of sp³-hybridized carbons (Fsp3) is 0.625. The maximum atomic E-state index is 10.8. The molecule has 0 atom stereocenters. The van der Waals surface area contributed by atoms with Crippen molar-refractivity contribution in [1.29, 1.82) is 0 Å². The molecule has 0 saturated carbocycles. The second-order valence-electron chi connectivity index (χ2n) is 2.70. The van der Waals surface area contributed by atoms with Crippen molar-refractivity contribution in [2.24, 2.45) is 0 Å². The SMILES string of the molecule is C/C=C/C(=O)OCCCCOP(=O)(O)O. The van der Waals surface area contributed by atoms with Gasteiger partial charge in [-0.1, -0.05) is 6.08 Å². The molecule has 0 unspecified atom stereocenters. The van der Waals surface area contributed by atoms with Gasteiger partial charge in [0.1, 0.15) is 0 Å². The number of phosphoric acid groups is 1. The molecule has 0 radical (unpaired) electrons. The van der Waals surface area contributed by atoms with Crippen LogP contribution in [0.1, 0.15) is 19.8 Å². The number of hydrogen-bond acceptors (Lipinski definition) is 4. The minimum Gasteiger partial charge on any atom is -0.463 e. The Kier molecular flexibility index (Phi) is 7.25. The van der Waals surface area contributed by atoms with Gasteiger partial charge in [0.05, 0.1) is 13.2 Å². The third-order valence-electron chi connectivity index (χ3n) is 1.35. The molecule has 0 aliphatic rings. The van der Waals surface area contributed by atoms with E-state index in [4.69, 9.17) is 14.5 Å². The van der Waals surface area contributed by atoms with Crippen molar-refractivity contribution in [3.05, 3.63) is 12.2 Å². The molecule has 6 nitrogen and oxygen atoms in total. The van der Waals surface area contributed by atoms with Gasteiger partial charge >= 0.3 is 13.8 Å². The van der Waals surface area contributed by atoms with E-state index in [2.05, 4.69) is 4.52 Å². The molecule has 0 aromatic rings. The molecule has 2 N–H and O–H groups in total. The summed E-state index contributed by atoms with van der Waals surface area (Å²) in [5.41, 5.74) is 0. The summed E-state index contributed by atoms with van der Waals surface area (Å²) in [5, 5.41) is 0. The predicted octanol–water partition coefficient (Wildman–Crippen LogP) is 0.995. The Labute approximate surface area is 88.1 Å². The highest BCUT2D eigenvalue weighted by molar-refractivity contribution is 7.46. The van der Waals surface area contributed by atoms with Gasteiger partial charge in [-0.3, -0.25) is 4.52 Å². The summed E-state index contributed by atoms with van der Waals surface area (Å²) < 4.78 is 19.2. The molecule has 0 spiro atoms. The largest absolute Gasteiger partial charge is 0.469 e. The number of esters is 1. The van der Waals surface area contributed by atoms with Crippen LogP contribution >= 0.6 is 7.82 Å². The Hall–Kier alpha value is -0.680. The summed E-state index contributed by atoms with van der Waals surface area (Å²) in [4.78, 5) is 27.4. The normalized spacial score (nSPS) is 11.9. The molecule has 0 rings (SSSR count). The molecule has 0 aromatic heterocycles. The van der Waals surface area contributed by atoms with Crippen LogP contribution in [0.5, 0.6) is 0 Å². The molecule has 7 heteroatoms. The van der Waals surface area contributed by atoms with E-state index in [1.165, 1.54) is 6.08 Å². The van der Waals surface area contributed by atoms with Gasteiger partial charge in [0.15, 0.2) is 0 Å². The van der Waals surface area contributed by atoms with Gasteiger partial charge in [0, 0.05) is 6.08 Å². The number of hydrogen-bond donors (Lipinski definition) is 2. The van der Waals surface area contributed by atoms with E-state index in [0.29, 0.717) is 12.8 Å². The quantitative estimate of drug-likeness (QED) is 0.297. The third-order valence-corrected chi connectivity index (χ3v) is 1.86. The predicted molar refractivity (Wildman–Crippen MR) is 53.0 cm³/mol. The van der Waals surface area contributed by atoms with E-state index in [1.54, 1.807) is 13.0 Å². The summed E-state index contributed by atoms with van der Waals surface area (Å²) in [7, 11) is -4.36. The van der Waals surface area contributed by atoms with E-state index < -0.39 is 13.8 Å². The van der Waals surface area contributed by atoms with Crippen LogP contribution in [-0.4, -0.2) is 29.0 Å². The number of allylic oxidation sites excluding steroid dienone is 1. The van der Waals surface area contributed by atoms with Crippen molar-refractivity contribution in [3.63, 3.8) is 0 Å². The fourth-order valence-electron chi connectivity index (χ4n) is 0.745. The Bertz CT molecular complexity index is 256. The standard InChI is InChI=1S/C8H15O6P/c1-2-5-8(9)13-6-3-4-7-14-15(10,11)12/h2,5H,3-4,6-7H2,1H3,(H2,10,11,12)/b5-2+. The van der Waals surface area contributed by atoms with Gasteiger partial charge in [-0.2, -0.15) is 0 Å². The summed E-state index contributed by atoms with van der Waals surface area (Å²) in [5.74, 6) is -0.423. The highest BCUT2D eigenvalue weighted by Gasteiger charge is 2.12. The second kappa shape index (κ2) is 7.59. The van der Waals surface area contributed by atoms with Gasteiger partial charge in [-0.05, 0) is 19.8 Å². The molecule has 15 heavy (non-hydrogen) atoms. The van der Waals surface area contributed by atoms with E-state index in [1.807, 2.05) is 0 Å². The van der Waals surface area contributed by atoms with Crippen molar-refractivity contribution in [3.8, 4) is 0 Å². The van der Waals surface area contributed by atoms with Crippen LogP contribution in [0.4, 0.5) is 0 Å². The molecule has 88 valence electrons. The lowest BCUT2D eigenvalue weighted by Crippen LogP contribution is -2.03. The zero-order valence-corrected chi connectivity index (χ0v) is 9.35. The Balaban J connectivity index is 3.33. The summed E-state index contributed by atoms with van der Waals surface area (Å²) in [6.45, 7) is 1.87. The van der Waals surface area contributed by atoms with Gasteiger partial charge in [-0.15, -0.1) is 0 Å². The summed E-state index contributed by atoms with van der Waals surface area (Å²) >= 11 is 0.